The van der Waals surface area contributed by atoms with Crippen LogP contribution in [0.5, 0.6) is 0 Å². The normalized spacial score (nSPS) is 13.4. The fraction of sp³-hybridized carbons (Fsp3) is 0.100. The Kier molecular flexibility index (Phi) is 9.19. The molecular formula is C60H45NS. The van der Waals surface area contributed by atoms with E-state index in [0.29, 0.717) is 5.92 Å². The Balaban J connectivity index is 1.05. The molecule has 1 aliphatic carbocycles. The first-order chi connectivity index (χ1) is 30.8. The number of thiophene rings is 1. The van der Waals surface area contributed by atoms with Gasteiger partial charge in [-0.25, -0.2) is 0 Å². The van der Waals surface area contributed by atoms with Gasteiger partial charge < -0.3 is 4.90 Å². The number of fused-ring (bicyclic) bond motifs is 7. The fourth-order valence-corrected chi connectivity index (χ4v) is 11.8. The molecule has 62 heavy (non-hydrogen) atoms. The standard InChI is InChI=1S/C60H45NS/c1-2-15-40(16-3-1)49-26-11-18-43-19-12-29-55(59(43)49)53-23-6-8-31-57(53)61(46-21-10-20-44(39-46)50-27-14-30-56-54-24-7-9-32-58(54)62-60(50)56)45-36-33-42(34-37-45)48-25-13-28-51-47-22-5-4-17-41(47)35-38-52(48)51/h4-14,17-40H,1-3,15-16H2. The van der Waals surface area contributed by atoms with Crippen molar-refractivity contribution in [3.63, 3.8) is 0 Å². The van der Waals surface area contributed by atoms with E-state index < -0.39 is 0 Å². The van der Waals surface area contributed by atoms with Crippen molar-refractivity contribution in [2.24, 2.45) is 0 Å². The van der Waals surface area contributed by atoms with Crippen LogP contribution in [0.3, 0.4) is 0 Å². The number of hydrogen-bond donors (Lipinski definition) is 0. The Hall–Kier alpha value is -7.00. The van der Waals surface area contributed by atoms with Gasteiger partial charge in [0, 0.05) is 37.1 Å². The molecule has 0 radical (unpaired) electrons. The van der Waals surface area contributed by atoms with Gasteiger partial charge in [0.1, 0.15) is 0 Å². The maximum atomic E-state index is 2.49. The fourth-order valence-electron chi connectivity index (χ4n) is 10.5. The van der Waals surface area contributed by atoms with Crippen LogP contribution < -0.4 is 4.90 Å². The monoisotopic (exact) mass is 811 g/mol. The molecular weight excluding hydrogens is 767 g/mol. The molecule has 0 N–H and O–H groups in total. The van der Waals surface area contributed by atoms with Crippen molar-refractivity contribution in [2.75, 3.05) is 4.90 Å². The molecule has 0 spiro atoms. The second kappa shape index (κ2) is 15.5. The number of para-hydroxylation sites is 1. The molecule has 10 aromatic carbocycles. The number of nitrogens with zero attached hydrogens (tertiary/aromatic N) is 1. The van der Waals surface area contributed by atoms with Crippen molar-refractivity contribution in [3.05, 3.63) is 212 Å². The van der Waals surface area contributed by atoms with E-state index in [2.05, 4.69) is 211 Å². The van der Waals surface area contributed by atoms with E-state index in [9.17, 15) is 0 Å². The van der Waals surface area contributed by atoms with Gasteiger partial charge >= 0.3 is 0 Å². The molecule has 12 rings (SSSR count). The van der Waals surface area contributed by atoms with Crippen molar-refractivity contribution in [1.29, 1.82) is 0 Å². The lowest BCUT2D eigenvalue weighted by Gasteiger charge is -2.29. The third kappa shape index (κ3) is 6.29. The quantitative estimate of drug-likeness (QED) is 0.145. The van der Waals surface area contributed by atoms with Gasteiger partial charge in [0.2, 0.25) is 0 Å². The van der Waals surface area contributed by atoms with E-state index in [0.717, 1.165) is 11.4 Å². The van der Waals surface area contributed by atoms with Gasteiger partial charge in [-0.2, -0.15) is 0 Å². The first-order valence-corrected chi connectivity index (χ1v) is 23.0. The Morgan fingerprint density at radius 2 is 1.05 bits per heavy atom. The molecule has 1 fully saturated rings. The molecule has 0 atom stereocenters. The van der Waals surface area contributed by atoms with Crippen LogP contribution in [0.15, 0.2) is 206 Å². The van der Waals surface area contributed by atoms with E-state index in [1.54, 1.807) is 0 Å². The highest BCUT2D eigenvalue weighted by Crippen LogP contribution is 2.47. The molecule has 0 amide bonds. The van der Waals surface area contributed by atoms with E-state index in [1.165, 1.54) is 129 Å². The van der Waals surface area contributed by atoms with Crippen molar-refractivity contribution in [3.8, 4) is 33.4 Å². The minimum Gasteiger partial charge on any atom is -0.310 e. The van der Waals surface area contributed by atoms with Gasteiger partial charge in [-0.1, -0.05) is 189 Å². The lowest BCUT2D eigenvalue weighted by atomic mass is 9.80. The molecule has 1 aliphatic rings. The van der Waals surface area contributed by atoms with Gasteiger partial charge in [-0.3, -0.25) is 0 Å². The molecule has 0 aliphatic heterocycles. The van der Waals surface area contributed by atoms with Crippen molar-refractivity contribution in [1.82, 2.24) is 0 Å². The van der Waals surface area contributed by atoms with Crippen LogP contribution in [0, 0.1) is 0 Å². The second-order valence-electron chi connectivity index (χ2n) is 17.0. The number of benzene rings is 10. The third-order valence-corrected chi connectivity index (χ3v) is 14.7. The Bertz CT molecular complexity index is 3450. The second-order valence-corrected chi connectivity index (χ2v) is 18.1. The van der Waals surface area contributed by atoms with Crippen LogP contribution in [0.1, 0.15) is 43.6 Å². The van der Waals surface area contributed by atoms with Crippen LogP contribution in [0.2, 0.25) is 0 Å². The topological polar surface area (TPSA) is 3.24 Å². The summed E-state index contributed by atoms with van der Waals surface area (Å²) in [6.45, 7) is 0. The lowest BCUT2D eigenvalue weighted by molar-refractivity contribution is 0.445. The summed E-state index contributed by atoms with van der Waals surface area (Å²) >= 11 is 1.89. The van der Waals surface area contributed by atoms with Crippen molar-refractivity contribution >= 4 is 80.9 Å². The van der Waals surface area contributed by atoms with Gasteiger partial charge in [0.25, 0.3) is 0 Å². The molecule has 2 heteroatoms. The van der Waals surface area contributed by atoms with E-state index in [4.69, 9.17) is 0 Å². The summed E-state index contributed by atoms with van der Waals surface area (Å²) < 4.78 is 2.65. The summed E-state index contributed by atoms with van der Waals surface area (Å²) in [4.78, 5) is 2.49. The number of rotatable bonds is 7. The predicted octanol–water partition coefficient (Wildman–Crippen LogP) is 18.0. The minimum atomic E-state index is 0.588. The van der Waals surface area contributed by atoms with Gasteiger partial charge in [0.15, 0.2) is 0 Å². The van der Waals surface area contributed by atoms with Crippen molar-refractivity contribution < 1.29 is 0 Å². The third-order valence-electron chi connectivity index (χ3n) is 13.5. The molecule has 1 nitrogen and oxygen atoms in total. The zero-order chi connectivity index (χ0) is 41.0. The summed E-state index contributed by atoms with van der Waals surface area (Å²) in [6, 6.07) is 77.0. The lowest BCUT2D eigenvalue weighted by Crippen LogP contribution is -2.11. The average Bonchev–Trinajstić information content (AvgIpc) is 3.73. The Morgan fingerprint density at radius 3 is 1.94 bits per heavy atom. The summed E-state index contributed by atoms with van der Waals surface area (Å²) in [7, 11) is 0. The zero-order valence-electron chi connectivity index (χ0n) is 34.6. The molecule has 0 unspecified atom stereocenters. The average molecular weight is 812 g/mol. The highest BCUT2D eigenvalue weighted by Gasteiger charge is 2.23. The molecule has 1 heterocycles. The summed E-state index contributed by atoms with van der Waals surface area (Å²) in [5, 5.41) is 10.5. The molecule has 0 saturated heterocycles. The highest BCUT2D eigenvalue weighted by molar-refractivity contribution is 7.26. The molecule has 1 aromatic heterocycles. The van der Waals surface area contributed by atoms with Crippen molar-refractivity contribution in [2.45, 2.75) is 38.0 Å². The summed E-state index contributed by atoms with van der Waals surface area (Å²) in [5.41, 5.74) is 12.4. The van der Waals surface area contributed by atoms with Crippen LogP contribution >= 0.6 is 11.3 Å². The predicted molar refractivity (Wildman–Crippen MR) is 269 cm³/mol. The minimum absolute atomic E-state index is 0.588. The SMILES string of the molecule is c1cc(-c2cccc3c2sc2ccccc23)cc(N(c2ccc(-c3cccc4c3ccc3ccccc34)cc2)c2ccccc2-c2cccc3cccc(C4CCCCC4)c23)c1. The molecule has 0 bridgehead atoms. The summed E-state index contributed by atoms with van der Waals surface area (Å²) in [5.74, 6) is 0.588. The van der Waals surface area contributed by atoms with Gasteiger partial charge in [0.05, 0.1) is 5.69 Å². The zero-order valence-corrected chi connectivity index (χ0v) is 35.4. The van der Waals surface area contributed by atoms with E-state index in [1.807, 2.05) is 11.3 Å². The van der Waals surface area contributed by atoms with Crippen LogP contribution in [-0.2, 0) is 0 Å². The molecule has 1 saturated carbocycles. The van der Waals surface area contributed by atoms with Gasteiger partial charge in [-0.15, -0.1) is 11.3 Å². The van der Waals surface area contributed by atoms with E-state index in [-0.39, 0.29) is 0 Å². The Morgan fingerprint density at radius 1 is 0.387 bits per heavy atom. The summed E-state index contributed by atoms with van der Waals surface area (Å²) in [6.07, 6.45) is 6.49. The van der Waals surface area contributed by atoms with Crippen LogP contribution in [0.4, 0.5) is 17.1 Å². The number of hydrogen-bond acceptors (Lipinski definition) is 2. The largest absolute Gasteiger partial charge is 0.310 e. The maximum absolute atomic E-state index is 2.49. The first-order valence-electron chi connectivity index (χ1n) is 22.2. The first kappa shape index (κ1) is 36.8. The maximum Gasteiger partial charge on any atom is 0.0540 e. The van der Waals surface area contributed by atoms with Crippen LogP contribution in [0.25, 0.3) is 85.9 Å². The van der Waals surface area contributed by atoms with E-state index >= 15 is 0 Å². The smallest absolute Gasteiger partial charge is 0.0540 e. The Labute approximate surface area is 367 Å². The van der Waals surface area contributed by atoms with Gasteiger partial charge in [-0.05, 0) is 121 Å². The molecule has 11 aromatic rings. The highest BCUT2D eigenvalue weighted by atomic mass is 32.1. The number of anilines is 3. The van der Waals surface area contributed by atoms with Crippen LogP contribution in [-0.4, -0.2) is 0 Å². The molecule has 296 valence electrons.